The van der Waals surface area contributed by atoms with Gasteiger partial charge in [0.05, 0.1) is 0 Å². The van der Waals surface area contributed by atoms with Gasteiger partial charge in [-0.2, -0.15) is 0 Å². The van der Waals surface area contributed by atoms with E-state index in [1.807, 2.05) is 13.8 Å². The second-order valence-electron chi connectivity index (χ2n) is 3.13. The topological polar surface area (TPSA) is 0 Å². The number of rotatable bonds is 5. The molecular formula is C12H24S. The van der Waals surface area contributed by atoms with Crippen molar-refractivity contribution in [2.75, 3.05) is 0 Å². The number of hydrogen-bond acceptors (Lipinski definition) is 1. The maximum Gasteiger partial charge on any atom is -0.0175 e. The van der Waals surface area contributed by atoms with Crippen LogP contribution in [-0.2, 0) is 0 Å². The van der Waals surface area contributed by atoms with Gasteiger partial charge in [-0.15, -0.1) is 11.8 Å². The number of hydrogen-bond donors (Lipinski definition) is 0. The van der Waals surface area contributed by atoms with Crippen molar-refractivity contribution in [3.63, 3.8) is 0 Å². The Bertz CT molecular complexity index is 145. The quantitative estimate of drug-likeness (QED) is 0.585. The summed E-state index contributed by atoms with van der Waals surface area (Å²) < 4.78 is 0. The van der Waals surface area contributed by atoms with E-state index in [9.17, 15) is 0 Å². The highest BCUT2D eigenvalue weighted by molar-refractivity contribution is 8.06. The van der Waals surface area contributed by atoms with Gasteiger partial charge in [-0.3, -0.25) is 0 Å². The van der Waals surface area contributed by atoms with Gasteiger partial charge >= 0.3 is 0 Å². The summed E-state index contributed by atoms with van der Waals surface area (Å²) in [5, 5.41) is 0. The molecule has 0 aliphatic carbocycles. The zero-order valence-electron chi connectivity index (χ0n) is 9.81. The predicted molar refractivity (Wildman–Crippen MR) is 67.0 cm³/mol. The summed E-state index contributed by atoms with van der Waals surface area (Å²) in [7, 11) is 0. The van der Waals surface area contributed by atoms with Gasteiger partial charge in [0, 0.05) is 0 Å². The molecule has 0 rings (SSSR count). The first kappa shape index (κ1) is 15.3. The largest absolute Gasteiger partial charge is 0.100 e. The fraction of sp³-hybridized carbons (Fsp3) is 0.667. The van der Waals surface area contributed by atoms with Gasteiger partial charge in [-0.05, 0) is 28.6 Å². The van der Waals surface area contributed by atoms with E-state index >= 15 is 0 Å². The smallest absolute Gasteiger partial charge is 0.0175 e. The Morgan fingerprint density at radius 3 is 1.92 bits per heavy atom. The van der Waals surface area contributed by atoms with Crippen molar-refractivity contribution in [3.05, 3.63) is 23.0 Å². The van der Waals surface area contributed by atoms with Crippen LogP contribution in [0.15, 0.2) is 23.0 Å². The lowest BCUT2D eigenvalue weighted by molar-refractivity contribution is 0.659. The van der Waals surface area contributed by atoms with Crippen LogP contribution in [0.25, 0.3) is 0 Å². The molecule has 0 spiro atoms. The zero-order chi connectivity index (χ0) is 10.9. The van der Waals surface area contributed by atoms with E-state index in [1.54, 1.807) is 11.8 Å². The molecule has 0 saturated heterocycles. The number of allylic oxidation sites excluding steroid dienone is 2. The van der Waals surface area contributed by atoms with Gasteiger partial charge in [0.2, 0.25) is 0 Å². The molecule has 0 radical (unpaired) electrons. The van der Waals surface area contributed by atoms with Crippen molar-refractivity contribution in [2.24, 2.45) is 5.92 Å². The lowest BCUT2D eigenvalue weighted by atomic mass is 10.1. The Kier molecular flexibility index (Phi) is 11.7. The number of thioether (sulfide) groups is 1. The molecular weight excluding hydrogens is 176 g/mol. The second kappa shape index (κ2) is 9.91. The molecule has 0 atom stereocenters. The second-order valence-corrected chi connectivity index (χ2v) is 4.49. The van der Waals surface area contributed by atoms with Gasteiger partial charge in [-0.25, -0.2) is 0 Å². The van der Waals surface area contributed by atoms with E-state index < -0.39 is 0 Å². The molecule has 0 fully saturated rings. The molecule has 0 N–H and O–H groups in total. The Hall–Kier alpha value is -0.170. The van der Waals surface area contributed by atoms with Crippen molar-refractivity contribution in [1.82, 2.24) is 0 Å². The van der Waals surface area contributed by atoms with Crippen molar-refractivity contribution in [3.8, 4) is 0 Å². The summed E-state index contributed by atoms with van der Waals surface area (Å²) in [5.74, 6) is 0.708. The summed E-state index contributed by atoms with van der Waals surface area (Å²) in [6.07, 6.45) is 2.14. The van der Waals surface area contributed by atoms with E-state index in [1.165, 1.54) is 9.81 Å². The summed E-state index contributed by atoms with van der Waals surface area (Å²) in [6, 6.07) is 0. The van der Waals surface area contributed by atoms with Crippen LogP contribution in [0.1, 0.15) is 47.5 Å². The molecule has 0 heterocycles. The van der Waals surface area contributed by atoms with E-state index in [0.717, 1.165) is 12.8 Å². The van der Waals surface area contributed by atoms with Crippen molar-refractivity contribution in [2.45, 2.75) is 47.5 Å². The first-order valence-corrected chi connectivity index (χ1v) is 5.91. The molecule has 0 aliphatic heterocycles. The molecule has 0 amide bonds. The molecule has 0 unspecified atom stereocenters. The molecule has 0 aromatic heterocycles. The standard InChI is InChI=1S/C10H18S.C2H6/c1-6-9(4)11-10(5)7-8(2)3;1-2/h8H,4-7H2,1-3H3;1-2H3. The highest BCUT2D eigenvalue weighted by Gasteiger charge is 2.00. The minimum Gasteiger partial charge on any atom is -0.100 e. The summed E-state index contributed by atoms with van der Waals surface area (Å²) in [5.41, 5.74) is 0. The van der Waals surface area contributed by atoms with Gasteiger partial charge < -0.3 is 0 Å². The fourth-order valence-electron chi connectivity index (χ4n) is 0.773. The monoisotopic (exact) mass is 200 g/mol. The lowest BCUT2D eigenvalue weighted by Crippen LogP contribution is -1.87. The SMILES string of the molecule is C=C(CC)SC(=C)CC(C)C.CC. The third-order valence-electron chi connectivity index (χ3n) is 1.32. The van der Waals surface area contributed by atoms with Crippen LogP contribution < -0.4 is 0 Å². The first-order valence-electron chi connectivity index (χ1n) is 5.09. The maximum atomic E-state index is 3.98. The van der Waals surface area contributed by atoms with Gasteiger partial charge in [0.1, 0.15) is 0 Å². The summed E-state index contributed by atoms with van der Waals surface area (Å²) in [6.45, 7) is 18.4. The molecule has 0 aromatic carbocycles. The fourth-order valence-corrected chi connectivity index (χ4v) is 1.74. The van der Waals surface area contributed by atoms with Crippen molar-refractivity contribution < 1.29 is 0 Å². The summed E-state index contributed by atoms with van der Waals surface area (Å²) in [4.78, 5) is 2.46. The van der Waals surface area contributed by atoms with Crippen LogP contribution in [0.2, 0.25) is 0 Å². The Morgan fingerprint density at radius 2 is 1.62 bits per heavy atom. The van der Waals surface area contributed by atoms with Crippen LogP contribution in [-0.4, -0.2) is 0 Å². The maximum absolute atomic E-state index is 3.98. The van der Waals surface area contributed by atoms with Crippen LogP contribution in [0.4, 0.5) is 0 Å². The van der Waals surface area contributed by atoms with Crippen LogP contribution in [0.5, 0.6) is 0 Å². The minimum atomic E-state index is 0.708. The third-order valence-corrected chi connectivity index (χ3v) is 2.35. The minimum absolute atomic E-state index is 0.708. The third kappa shape index (κ3) is 11.8. The van der Waals surface area contributed by atoms with E-state index in [0.29, 0.717) is 5.92 Å². The Balaban J connectivity index is 0. The zero-order valence-corrected chi connectivity index (χ0v) is 10.6. The van der Waals surface area contributed by atoms with Crippen LogP contribution >= 0.6 is 11.8 Å². The molecule has 0 aromatic rings. The average molecular weight is 200 g/mol. The van der Waals surface area contributed by atoms with E-state index in [2.05, 4.69) is 33.9 Å². The van der Waals surface area contributed by atoms with Gasteiger partial charge in [0.15, 0.2) is 0 Å². The normalized spacial score (nSPS) is 9.08. The van der Waals surface area contributed by atoms with E-state index in [-0.39, 0.29) is 0 Å². The van der Waals surface area contributed by atoms with Gasteiger partial charge in [0.25, 0.3) is 0 Å². The molecule has 0 saturated carbocycles. The molecule has 78 valence electrons. The highest BCUT2D eigenvalue weighted by atomic mass is 32.2. The van der Waals surface area contributed by atoms with E-state index in [4.69, 9.17) is 0 Å². The molecule has 0 bridgehead atoms. The molecule has 0 aliphatic rings. The average Bonchev–Trinajstić information content (AvgIpc) is 2.06. The lowest BCUT2D eigenvalue weighted by Gasteiger charge is -2.08. The highest BCUT2D eigenvalue weighted by Crippen LogP contribution is 2.28. The summed E-state index contributed by atoms with van der Waals surface area (Å²) >= 11 is 1.74. The van der Waals surface area contributed by atoms with Crippen LogP contribution in [0, 0.1) is 5.92 Å². The van der Waals surface area contributed by atoms with Crippen molar-refractivity contribution >= 4 is 11.8 Å². The Morgan fingerprint density at radius 1 is 1.15 bits per heavy atom. The first-order chi connectivity index (χ1) is 6.06. The Labute approximate surface area is 88.5 Å². The van der Waals surface area contributed by atoms with Crippen molar-refractivity contribution in [1.29, 1.82) is 0 Å². The van der Waals surface area contributed by atoms with Gasteiger partial charge in [-0.1, -0.05) is 47.8 Å². The predicted octanol–water partition coefficient (Wildman–Crippen LogP) is 5.23. The molecule has 0 nitrogen and oxygen atoms in total. The van der Waals surface area contributed by atoms with Crippen LogP contribution in [0.3, 0.4) is 0 Å². The molecule has 13 heavy (non-hydrogen) atoms. The molecule has 1 heteroatoms.